The maximum Gasteiger partial charge on any atom is 0.323 e. The van der Waals surface area contributed by atoms with Crippen LogP contribution in [0.2, 0.25) is 0 Å². The number of hydrogen-bond acceptors (Lipinski definition) is 4. The van der Waals surface area contributed by atoms with Crippen LogP contribution in [0.4, 0.5) is 0 Å². The second-order valence-electron chi connectivity index (χ2n) is 5.50. The summed E-state index contributed by atoms with van der Waals surface area (Å²) in [6.45, 7) is 2.77. The average Bonchev–Trinajstić information content (AvgIpc) is 3.35. The highest BCUT2D eigenvalue weighted by atomic mass is 16.5. The maximum atomic E-state index is 12.1. The molecule has 0 spiro atoms. The normalized spacial score (nSPS) is 13.4. The molecule has 1 N–H and O–H groups in total. The number of carboxylic acid groups (broad SMARTS) is 1. The minimum Gasteiger partial charge on any atom is -0.494 e. The molecule has 1 fully saturated rings. The second kappa shape index (κ2) is 8.41. The Kier molecular flexibility index (Phi) is 6.26. The predicted octanol–water partition coefficient (Wildman–Crippen LogP) is 2.32. The summed E-state index contributed by atoms with van der Waals surface area (Å²) in [4.78, 5) is 24.4. The van der Waals surface area contributed by atoms with E-state index >= 15 is 0 Å². The molecule has 126 valence electrons. The van der Waals surface area contributed by atoms with Gasteiger partial charge in [0, 0.05) is 12.5 Å². The van der Waals surface area contributed by atoms with Crippen molar-refractivity contribution < 1.29 is 24.2 Å². The van der Waals surface area contributed by atoms with Gasteiger partial charge >= 0.3 is 5.97 Å². The zero-order chi connectivity index (χ0) is 16.7. The Morgan fingerprint density at radius 1 is 1.17 bits per heavy atom. The van der Waals surface area contributed by atoms with Crippen LogP contribution in [-0.4, -0.2) is 47.7 Å². The lowest BCUT2D eigenvalue weighted by Gasteiger charge is -2.20. The van der Waals surface area contributed by atoms with Gasteiger partial charge in [-0.3, -0.25) is 9.59 Å². The molecule has 0 aliphatic heterocycles. The Hall–Kier alpha value is -2.24. The van der Waals surface area contributed by atoms with Gasteiger partial charge in [-0.15, -0.1) is 0 Å². The van der Waals surface area contributed by atoms with Crippen LogP contribution >= 0.6 is 0 Å². The van der Waals surface area contributed by atoms with Crippen LogP contribution in [0.25, 0.3) is 0 Å². The Morgan fingerprint density at radius 2 is 1.78 bits per heavy atom. The number of carbonyl (C=O) groups is 2. The molecule has 0 saturated heterocycles. The largest absolute Gasteiger partial charge is 0.494 e. The minimum absolute atomic E-state index is 0.106. The molecule has 1 amide bonds. The lowest BCUT2D eigenvalue weighted by atomic mass is 10.2. The SMILES string of the molecule is CCOc1ccc(OCCCC(=O)N(CC(=O)O)C2CC2)cc1. The summed E-state index contributed by atoms with van der Waals surface area (Å²) < 4.78 is 10.9. The van der Waals surface area contributed by atoms with E-state index in [9.17, 15) is 9.59 Å². The van der Waals surface area contributed by atoms with Crippen molar-refractivity contribution in [3.63, 3.8) is 0 Å². The van der Waals surface area contributed by atoms with Crippen molar-refractivity contribution in [3.05, 3.63) is 24.3 Å². The van der Waals surface area contributed by atoms with Gasteiger partial charge in [0.1, 0.15) is 18.0 Å². The fraction of sp³-hybridized carbons (Fsp3) is 0.529. The average molecular weight is 321 g/mol. The summed E-state index contributed by atoms with van der Waals surface area (Å²) in [7, 11) is 0. The molecule has 0 bridgehead atoms. The molecule has 6 heteroatoms. The first-order valence-electron chi connectivity index (χ1n) is 7.97. The summed E-state index contributed by atoms with van der Waals surface area (Å²) in [6.07, 6.45) is 2.68. The molecule has 1 aromatic carbocycles. The van der Waals surface area contributed by atoms with Crippen LogP contribution in [0.5, 0.6) is 11.5 Å². The van der Waals surface area contributed by atoms with Crippen molar-refractivity contribution in [2.24, 2.45) is 0 Å². The monoisotopic (exact) mass is 321 g/mol. The van der Waals surface area contributed by atoms with Gasteiger partial charge in [-0.05, 0) is 50.5 Å². The van der Waals surface area contributed by atoms with Crippen LogP contribution in [0.1, 0.15) is 32.6 Å². The number of nitrogens with zero attached hydrogens (tertiary/aromatic N) is 1. The summed E-state index contributed by atoms with van der Waals surface area (Å²) in [6, 6.07) is 7.45. The molecule has 0 radical (unpaired) electrons. The van der Waals surface area contributed by atoms with E-state index in [1.54, 1.807) is 0 Å². The molecular formula is C17H23NO5. The highest BCUT2D eigenvalue weighted by Crippen LogP contribution is 2.27. The molecule has 2 rings (SSSR count). The molecule has 0 aromatic heterocycles. The maximum absolute atomic E-state index is 12.1. The van der Waals surface area contributed by atoms with E-state index < -0.39 is 5.97 Å². The first-order valence-corrected chi connectivity index (χ1v) is 7.97. The number of carbonyl (C=O) groups excluding carboxylic acids is 1. The van der Waals surface area contributed by atoms with Crippen LogP contribution < -0.4 is 9.47 Å². The van der Waals surface area contributed by atoms with Crippen LogP contribution in [0.3, 0.4) is 0 Å². The summed E-state index contributed by atoms with van der Waals surface area (Å²) in [5.41, 5.74) is 0. The van der Waals surface area contributed by atoms with Gasteiger partial charge in [0.05, 0.1) is 13.2 Å². The van der Waals surface area contributed by atoms with Gasteiger partial charge in [0.15, 0.2) is 0 Å². The summed E-state index contributed by atoms with van der Waals surface area (Å²) in [5, 5.41) is 8.86. The Labute approximate surface area is 136 Å². The zero-order valence-electron chi connectivity index (χ0n) is 13.4. The second-order valence-corrected chi connectivity index (χ2v) is 5.50. The van der Waals surface area contributed by atoms with Gasteiger partial charge in [-0.1, -0.05) is 0 Å². The fourth-order valence-corrected chi connectivity index (χ4v) is 2.31. The highest BCUT2D eigenvalue weighted by molar-refractivity contribution is 5.81. The first kappa shape index (κ1) is 17.1. The lowest BCUT2D eigenvalue weighted by Crippen LogP contribution is -2.37. The smallest absolute Gasteiger partial charge is 0.323 e. The van der Waals surface area contributed by atoms with Crippen LogP contribution in [0, 0.1) is 0 Å². The van der Waals surface area contributed by atoms with E-state index in [0.29, 0.717) is 26.1 Å². The van der Waals surface area contributed by atoms with E-state index in [0.717, 1.165) is 24.3 Å². The molecule has 1 aliphatic rings. The van der Waals surface area contributed by atoms with Gasteiger partial charge < -0.3 is 19.5 Å². The van der Waals surface area contributed by atoms with Crippen LogP contribution in [0.15, 0.2) is 24.3 Å². The van der Waals surface area contributed by atoms with Gasteiger partial charge in [-0.2, -0.15) is 0 Å². The van der Waals surface area contributed by atoms with Crippen molar-refractivity contribution in [1.29, 1.82) is 0 Å². The Balaban J connectivity index is 1.69. The van der Waals surface area contributed by atoms with E-state index in [1.165, 1.54) is 4.90 Å². The number of hydrogen-bond donors (Lipinski definition) is 1. The zero-order valence-corrected chi connectivity index (χ0v) is 13.4. The number of rotatable bonds is 10. The van der Waals surface area contributed by atoms with Crippen molar-refractivity contribution in [2.45, 2.75) is 38.6 Å². The number of aliphatic carboxylic acids is 1. The summed E-state index contributed by atoms with van der Waals surface area (Å²) >= 11 is 0. The van der Waals surface area contributed by atoms with Crippen molar-refractivity contribution in [1.82, 2.24) is 4.90 Å². The number of ether oxygens (including phenoxy) is 2. The van der Waals surface area contributed by atoms with Crippen LogP contribution in [-0.2, 0) is 9.59 Å². The topological polar surface area (TPSA) is 76.1 Å². The minimum atomic E-state index is -0.962. The fourth-order valence-electron chi connectivity index (χ4n) is 2.31. The van der Waals surface area contributed by atoms with Gasteiger partial charge in [-0.25, -0.2) is 0 Å². The van der Waals surface area contributed by atoms with E-state index in [-0.39, 0.29) is 18.5 Å². The van der Waals surface area contributed by atoms with E-state index in [2.05, 4.69) is 0 Å². The molecule has 1 aromatic rings. The first-order chi connectivity index (χ1) is 11.1. The Morgan fingerprint density at radius 3 is 2.30 bits per heavy atom. The molecule has 0 atom stereocenters. The molecular weight excluding hydrogens is 298 g/mol. The number of benzene rings is 1. The number of amides is 1. The summed E-state index contributed by atoms with van der Waals surface area (Å²) in [5.74, 6) is 0.454. The van der Waals surface area contributed by atoms with Crippen molar-refractivity contribution in [3.8, 4) is 11.5 Å². The predicted molar refractivity (Wildman–Crippen MR) is 84.7 cm³/mol. The Bertz CT molecular complexity index is 524. The molecule has 0 heterocycles. The van der Waals surface area contributed by atoms with Gasteiger partial charge in [0.2, 0.25) is 5.91 Å². The third-order valence-corrected chi connectivity index (χ3v) is 3.55. The van der Waals surface area contributed by atoms with Crippen molar-refractivity contribution >= 4 is 11.9 Å². The van der Waals surface area contributed by atoms with E-state index in [4.69, 9.17) is 14.6 Å². The van der Waals surface area contributed by atoms with E-state index in [1.807, 2.05) is 31.2 Å². The van der Waals surface area contributed by atoms with Crippen molar-refractivity contribution in [2.75, 3.05) is 19.8 Å². The molecule has 1 saturated carbocycles. The molecule has 0 unspecified atom stereocenters. The third kappa shape index (κ3) is 5.81. The van der Waals surface area contributed by atoms with Gasteiger partial charge in [0.25, 0.3) is 0 Å². The molecule has 6 nitrogen and oxygen atoms in total. The molecule has 23 heavy (non-hydrogen) atoms. The highest BCUT2D eigenvalue weighted by Gasteiger charge is 2.33. The number of carboxylic acids is 1. The standard InChI is InChI=1S/C17H23NO5/c1-2-22-14-7-9-15(10-8-14)23-11-3-4-16(19)18(12-17(20)21)13-5-6-13/h7-10,13H,2-6,11-12H2,1H3,(H,20,21). The third-order valence-electron chi connectivity index (χ3n) is 3.55. The quantitative estimate of drug-likeness (QED) is 0.669. The lowest BCUT2D eigenvalue weighted by molar-refractivity contribution is -0.145. The molecule has 1 aliphatic carbocycles.